The van der Waals surface area contributed by atoms with Crippen LogP contribution in [0.5, 0.6) is 0 Å². The van der Waals surface area contributed by atoms with Crippen LogP contribution in [0.4, 0.5) is 39.5 Å². The Kier molecular flexibility index (Phi) is 4.99. The zero-order chi connectivity index (χ0) is 19.3. The van der Waals surface area contributed by atoms with Crippen LogP contribution < -0.4 is 0 Å². The van der Waals surface area contributed by atoms with Crippen molar-refractivity contribution in [2.45, 2.75) is 45.4 Å². The molecule has 0 saturated heterocycles. The molecule has 0 aliphatic carbocycles. The van der Waals surface area contributed by atoms with Crippen molar-refractivity contribution in [2.75, 3.05) is 0 Å². The second kappa shape index (κ2) is 5.82. The zero-order valence-electron chi connectivity index (χ0n) is 12.6. The second-order valence-electron chi connectivity index (χ2n) is 6.25. The first-order chi connectivity index (χ1) is 10.4. The average molecular weight is 368 g/mol. The summed E-state index contributed by atoms with van der Waals surface area (Å²) in [5.74, 6) is 0. The predicted octanol–water partition coefficient (Wildman–Crippen LogP) is 5.82. The first kappa shape index (κ1) is 20.6. The Morgan fingerprint density at radius 3 is 1.50 bits per heavy atom. The van der Waals surface area contributed by atoms with Gasteiger partial charge < -0.3 is 5.11 Å². The zero-order valence-corrected chi connectivity index (χ0v) is 12.6. The van der Waals surface area contributed by atoms with Crippen LogP contribution in [0.2, 0.25) is 0 Å². The molecule has 1 atom stereocenters. The van der Waals surface area contributed by atoms with Crippen LogP contribution in [0, 0.1) is 5.41 Å². The summed E-state index contributed by atoms with van der Waals surface area (Å²) in [5, 5.41) is 9.95. The van der Waals surface area contributed by atoms with E-state index in [9.17, 15) is 44.6 Å². The van der Waals surface area contributed by atoms with E-state index >= 15 is 0 Å². The van der Waals surface area contributed by atoms with E-state index in [0.717, 1.165) is 0 Å². The van der Waals surface area contributed by atoms with Crippen LogP contribution in [-0.4, -0.2) is 5.11 Å². The molecule has 0 spiro atoms. The van der Waals surface area contributed by atoms with Crippen molar-refractivity contribution in [3.05, 3.63) is 34.4 Å². The van der Waals surface area contributed by atoms with E-state index in [-0.39, 0.29) is 6.07 Å². The molecule has 0 fully saturated rings. The fraction of sp³-hybridized carbons (Fsp3) is 0.571. The Hall–Kier alpha value is -1.45. The standard InChI is InChI=1S/C14H13F9O/c1-11(2,3)10(24)7-4-6(12(15,16)17)5-8(13(18,19)20)9(7)14(21,22)23/h4-5,10,24H,1-3H3. The van der Waals surface area contributed by atoms with Gasteiger partial charge in [-0.2, -0.15) is 39.5 Å². The van der Waals surface area contributed by atoms with Crippen LogP contribution in [0.1, 0.15) is 49.1 Å². The molecule has 1 aromatic carbocycles. The van der Waals surface area contributed by atoms with E-state index in [2.05, 4.69) is 0 Å². The summed E-state index contributed by atoms with van der Waals surface area (Å²) >= 11 is 0. The van der Waals surface area contributed by atoms with Crippen LogP contribution in [-0.2, 0) is 18.5 Å². The van der Waals surface area contributed by atoms with Gasteiger partial charge in [-0.05, 0) is 23.1 Å². The van der Waals surface area contributed by atoms with Gasteiger partial charge in [-0.25, -0.2) is 0 Å². The molecule has 1 nitrogen and oxygen atoms in total. The Labute approximate surface area is 131 Å². The molecule has 0 saturated carbocycles. The number of hydrogen-bond donors (Lipinski definition) is 1. The fourth-order valence-electron chi connectivity index (χ4n) is 2.05. The van der Waals surface area contributed by atoms with Crippen molar-refractivity contribution in [3.8, 4) is 0 Å². The van der Waals surface area contributed by atoms with Gasteiger partial charge in [0.1, 0.15) is 0 Å². The summed E-state index contributed by atoms with van der Waals surface area (Å²) in [5.41, 5.74) is -9.60. The molecule has 0 bridgehead atoms. The monoisotopic (exact) mass is 368 g/mol. The molecule has 0 amide bonds. The highest BCUT2D eigenvalue weighted by Crippen LogP contribution is 2.48. The minimum Gasteiger partial charge on any atom is -0.388 e. The van der Waals surface area contributed by atoms with Crippen molar-refractivity contribution in [1.29, 1.82) is 0 Å². The number of rotatable bonds is 1. The lowest BCUT2D eigenvalue weighted by Crippen LogP contribution is -2.26. The van der Waals surface area contributed by atoms with E-state index in [4.69, 9.17) is 0 Å². The van der Waals surface area contributed by atoms with Crippen molar-refractivity contribution in [1.82, 2.24) is 0 Å². The molecule has 24 heavy (non-hydrogen) atoms. The summed E-state index contributed by atoms with van der Waals surface area (Å²) in [6, 6.07) is -0.685. The number of halogens is 9. The highest BCUT2D eigenvalue weighted by molar-refractivity contribution is 5.45. The third-order valence-electron chi connectivity index (χ3n) is 3.20. The highest BCUT2D eigenvalue weighted by atomic mass is 19.4. The molecular weight excluding hydrogens is 355 g/mol. The molecule has 0 aliphatic rings. The number of benzene rings is 1. The first-order valence-electron chi connectivity index (χ1n) is 6.44. The number of alkyl halides is 9. The molecule has 0 aromatic heterocycles. The molecular formula is C14H13F9O. The minimum atomic E-state index is -5.68. The van der Waals surface area contributed by atoms with Gasteiger partial charge in [0.05, 0.1) is 22.8 Å². The third-order valence-corrected chi connectivity index (χ3v) is 3.20. The average Bonchev–Trinajstić information content (AvgIpc) is 2.31. The Bertz CT molecular complexity index is 603. The van der Waals surface area contributed by atoms with Crippen LogP contribution in [0.3, 0.4) is 0 Å². The summed E-state index contributed by atoms with van der Waals surface area (Å²) in [4.78, 5) is 0. The SMILES string of the molecule is CC(C)(C)C(O)c1cc(C(F)(F)F)cc(C(F)(F)F)c1C(F)(F)F. The van der Waals surface area contributed by atoms with Gasteiger partial charge in [-0.3, -0.25) is 0 Å². The Morgan fingerprint density at radius 1 is 0.750 bits per heavy atom. The second-order valence-corrected chi connectivity index (χ2v) is 6.25. The third kappa shape index (κ3) is 4.34. The van der Waals surface area contributed by atoms with Gasteiger partial charge in [-0.15, -0.1) is 0 Å². The summed E-state index contributed by atoms with van der Waals surface area (Å²) in [7, 11) is 0. The highest BCUT2D eigenvalue weighted by Gasteiger charge is 2.48. The molecule has 1 rings (SSSR count). The molecule has 138 valence electrons. The number of aliphatic hydroxyl groups excluding tert-OH is 1. The Balaban J connectivity index is 3.96. The quantitative estimate of drug-likeness (QED) is 0.619. The van der Waals surface area contributed by atoms with Gasteiger partial charge in [0.25, 0.3) is 0 Å². The van der Waals surface area contributed by atoms with E-state index in [1.807, 2.05) is 0 Å². The molecule has 0 heterocycles. The van der Waals surface area contributed by atoms with E-state index < -0.39 is 58.4 Å². The Morgan fingerprint density at radius 2 is 1.21 bits per heavy atom. The topological polar surface area (TPSA) is 20.2 Å². The maximum atomic E-state index is 13.1. The lowest BCUT2D eigenvalue weighted by atomic mass is 9.81. The van der Waals surface area contributed by atoms with Gasteiger partial charge >= 0.3 is 18.5 Å². The molecule has 0 aliphatic heterocycles. The van der Waals surface area contributed by atoms with Crippen molar-refractivity contribution >= 4 is 0 Å². The van der Waals surface area contributed by atoms with E-state index in [1.54, 1.807) is 0 Å². The van der Waals surface area contributed by atoms with Gasteiger partial charge in [0.15, 0.2) is 0 Å². The summed E-state index contributed by atoms with van der Waals surface area (Å²) in [6.07, 6.45) is -18.8. The fourth-order valence-corrected chi connectivity index (χ4v) is 2.05. The van der Waals surface area contributed by atoms with E-state index in [0.29, 0.717) is 0 Å². The van der Waals surface area contributed by atoms with Crippen molar-refractivity contribution in [2.24, 2.45) is 5.41 Å². The maximum absolute atomic E-state index is 13.1. The maximum Gasteiger partial charge on any atom is 0.417 e. The van der Waals surface area contributed by atoms with Crippen LogP contribution in [0.15, 0.2) is 12.1 Å². The molecule has 10 heteroatoms. The normalized spacial score (nSPS) is 15.5. The number of aliphatic hydroxyl groups is 1. The molecule has 1 unspecified atom stereocenters. The molecule has 1 N–H and O–H groups in total. The van der Waals surface area contributed by atoms with Crippen molar-refractivity contribution in [3.63, 3.8) is 0 Å². The largest absolute Gasteiger partial charge is 0.417 e. The first-order valence-corrected chi connectivity index (χ1v) is 6.44. The minimum absolute atomic E-state index is 0.0893. The molecule has 1 aromatic rings. The number of hydrogen-bond acceptors (Lipinski definition) is 1. The van der Waals surface area contributed by atoms with Gasteiger partial charge in [-0.1, -0.05) is 20.8 Å². The van der Waals surface area contributed by atoms with Gasteiger partial charge in [0.2, 0.25) is 0 Å². The molecule has 0 radical (unpaired) electrons. The van der Waals surface area contributed by atoms with Crippen molar-refractivity contribution < 1.29 is 44.6 Å². The lowest BCUT2D eigenvalue weighted by Gasteiger charge is -2.30. The van der Waals surface area contributed by atoms with E-state index in [1.165, 1.54) is 20.8 Å². The van der Waals surface area contributed by atoms with Gasteiger partial charge in [0, 0.05) is 0 Å². The lowest BCUT2D eigenvalue weighted by molar-refractivity contribution is -0.165. The smallest absolute Gasteiger partial charge is 0.388 e. The van der Waals surface area contributed by atoms with Crippen LogP contribution in [0.25, 0.3) is 0 Å². The van der Waals surface area contributed by atoms with Crippen LogP contribution >= 0.6 is 0 Å². The summed E-state index contributed by atoms with van der Waals surface area (Å²) in [6.45, 7) is 3.56. The predicted molar refractivity (Wildman–Crippen MR) is 65.9 cm³/mol. The summed E-state index contributed by atoms with van der Waals surface area (Å²) < 4.78 is 117.